The fraction of sp³-hybridized carbons (Fsp3) is 0.722. The van der Waals surface area contributed by atoms with Crippen molar-refractivity contribution in [3.05, 3.63) is 30.6 Å². The summed E-state index contributed by atoms with van der Waals surface area (Å²) in [6.45, 7) is 10.8. The van der Waals surface area contributed by atoms with E-state index in [0.29, 0.717) is 16.5 Å². The van der Waals surface area contributed by atoms with Gasteiger partial charge in [-0.15, -0.1) is 0 Å². The molecule has 1 fully saturated rings. The molecule has 1 saturated heterocycles. The molecule has 29 heavy (non-hydrogen) atoms. The van der Waals surface area contributed by atoms with Crippen LogP contribution in [0.4, 0.5) is 0 Å². The lowest BCUT2D eigenvalue weighted by Gasteiger charge is -2.36. The Bertz CT molecular complexity index is 826. The van der Waals surface area contributed by atoms with Gasteiger partial charge in [0.1, 0.15) is 6.23 Å². The monoisotopic (exact) mass is 541 g/mol. The van der Waals surface area contributed by atoms with Crippen LogP contribution in [0.3, 0.4) is 0 Å². The van der Waals surface area contributed by atoms with Crippen molar-refractivity contribution in [2.24, 2.45) is 4.99 Å². The van der Waals surface area contributed by atoms with E-state index >= 15 is 0 Å². The highest BCUT2D eigenvalue weighted by Crippen LogP contribution is 2.49. The average molecular weight is 541 g/mol. The number of hydrogen-bond acceptors (Lipinski definition) is 7. The van der Waals surface area contributed by atoms with Crippen molar-refractivity contribution < 1.29 is 15.2 Å². The molecule has 1 aliphatic heterocycles. The van der Waals surface area contributed by atoms with Crippen LogP contribution in [0.5, 0.6) is 0 Å². The lowest BCUT2D eigenvalue weighted by molar-refractivity contribution is -0.00785. The van der Waals surface area contributed by atoms with Crippen molar-refractivity contribution in [1.82, 2.24) is 14.2 Å². The predicted octanol–water partition coefficient (Wildman–Crippen LogP) is 3.24. The van der Waals surface area contributed by atoms with Crippen molar-refractivity contribution in [1.29, 1.82) is 0 Å². The predicted molar refractivity (Wildman–Crippen MR) is 122 cm³/mol. The Kier molecular flexibility index (Phi) is 8.67. The molecule has 0 saturated carbocycles. The van der Waals surface area contributed by atoms with Crippen LogP contribution in [0, 0.1) is 3.57 Å². The molecule has 0 aliphatic carbocycles. The third kappa shape index (κ3) is 6.33. The maximum absolute atomic E-state index is 12.3. The summed E-state index contributed by atoms with van der Waals surface area (Å²) in [5.41, 5.74) is -0.981. The zero-order valence-corrected chi connectivity index (χ0v) is 20.4. The number of ether oxygens (including phenoxy) is 1. The number of nitrogens with zero attached hydrogens (tertiary/aromatic N) is 3. The van der Waals surface area contributed by atoms with Crippen molar-refractivity contribution >= 4 is 37.5 Å². The molecule has 4 atom stereocenters. The number of aliphatic imine (C=N–C) groups is 1. The summed E-state index contributed by atoms with van der Waals surface area (Å²) in [6.07, 6.45) is 1.66. The van der Waals surface area contributed by atoms with Crippen molar-refractivity contribution in [3.63, 3.8) is 0 Å². The van der Waals surface area contributed by atoms with Crippen molar-refractivity contribution in [2.45, 2.75) is 78.5 Å². The molecule has 1 N–H and O–H groups in total. The van der Waals surface area contributed by atoms with Gasteiger partial charge in [-0.2, -0.15) is 0 Å². The molecule has 1 aliphatic rings. The lowest BCUT2D eigenvalue weighted by Crippen LogP contribution is -2.35. The third-order valence-electron chi connectivity index (χ3n) is 4.28. The van der Waals surface area contributed by atoms with E-state index in [1.54, 1.807) is 0 Å². The summed E-state index contributed by atoms with van der Waals surface area (Å²) in [5.74, 6) is 0. The van der Waals surface area contributed by atoms with E-state index in [1.807, 2.05) is 29.5 Å². The van der Waals surface area contributed by atoms with Crippen LogP contribution in [0.1, 0.15) is 55.5 Å². The highest BCUT2D eigenvalue weighted by Gasteiger charge is 2.39. The minimum Gasteiger partial charge on any atom is -0.425 e. The first-order valence-electron chi connectivity index (χ1n) is 10.3. The number of hydrogen-bond donors (Lipinski definition) is 1. The molecule has 1 aromatic rings. The molecule has 0 bridgehead atoms. The van der Waals surface area contributed by atoms with E-state index in [-0.39, 0.29) is 19.0 Å². The van der Waals surface area contributed by atoms with Gasteiger partial charge in [0.2, 0.25) is 0 Å². The largest absolute Gasteiger partial charge is 0.425 e. The Balaban J connectivity index is 2.26. The molecule has 11 heteroatoms. The van der Waals surface area contributed by atoms with Gasteiger partial charge in [0.15, 0.2) is 6.40 Å². The van der Waals surface area contributed by atoms with Gasteiger partial charge < -0.3 is 13.8 Å². The number of aromatic nitrogens is 2. The van der Waals surface area contributed by atoms with Crippen LogP contribution < -0.4 is 11.2 Å². The molecule has 3 unspecified atom stereocenters. The van der Waals surface area contributed by atoms with Crippen LogP contribution in [0.2, 0.25) is 0 Å². The topological polar surface area (TPSA) is 98.2 Å². The van der Waals surface area contributed by atoms with Gasteiger partial charge in [-0.25, -0.2) is 9.46 Å². The van der Waals surface area contributed by atoms with Crippen LogP contribution in [0.15, 0.2) is 20.8 Å². The number of nitrogens with one attached hydrogen (secondary N) is 1. The molecule has 0 aromatic carbocycles. The van der Waals surface area contributed by atoms with E-state index in [9.17, 15) is 9.59 Å². The highest BCUT2D eigenvalue weighted by molar-refractivity contribution is 14.1. The summed E-state index contributed by atoms with van der Waals surface area (Å²) in [6, 6.07) is 0.337. The Labute approximate surface area is 187 Å². The fourth-order valence-electron chi connectivity index (χ4n) is 3.03. The second kappa shape index (κ2) is 11.0. The van der Waals surface area contributed by atoms with E-state index in [0.717, 1.165) is 0 Å². The summed E-state index contributed by atoms with van der Waals surface area (Å²) < 4.78 is 29.9. The number of halogens is 1. The average Bonchev–Trinajstić information content (AvgIpc) is 3.06. The Morgan fingerprint density at radius 2 is 2.17 bits per heavy atom. The molecule has 0 spiro atoms. The molecule has 2 heterocycles. The van der Waals surface area contributed by atoms with Gasteiger partial charge in [0, 0.05) is 32.6 Å². The molecule has 0 amide bonds. The van der Waals surface area contributed by atoms with Crippen LogP contribution >= 0.6 is 31.1 Å². The van der Waals surface area contributed by atoms with Crippen molar-refractivity contribution in [2.75, 3.05) is 6.54 Å². The Morgan fingerprint density at radius 3 is 2.76 bits per heavy atom. The standard InChI is InChI=1S/C18H30IN4O5P/c1-7-20-10-26-29(23(11(2)3)12(4)5)28-15-8-16(27-13(15)6)22-9-14(19)17(24)21-18(22)25/h9-13,15-16H,7-8H2,1-6H3,(H,21,24,25)/t13?,15-,16?,29?/m1/s1/i6D. The van der Waals surface area contributed by atoms with E-state index < -0.39 is 38.2 Å². The van der Waals surface area contributed by atoms with E-state index in [1.165, 1.54) is 17.2 Å². The Morgan fingerprint density at radius 1 is 1.48 bits per heavy atom. The number of rotatable bonds is 9. The maximum Gasteiger partial charge on any atom is 0.330 e. The zero-order chi connectivity index (χ0) is 22.4. The first kappa shape index (κ1) is 22.9. The zero-order valence-electron chi connectivity index (χ0n) is 18.4. The second-order valence-electron chi connectivity index (χ2n) is 7.17. The van der Waals surface area contributed by atoms with Gasteiger partial charge in [0.25, 0.3) is 5.56 Å². The maximum atomic E-state index is 12.3. The molecular weight excluding hydrogens is 510 g/mol. The summed E-state index contributed by atoms with van der Waals surface area (Å²) in [5, 5.41) is 0. The first-order valence-corrected chi connectivity index (χ1v) is 11.8. The molecule has 164 valence electrons. The van der Waals surface area contributed by atoms with Crippen molar-refractivity contribution in [3.8, 4) is 0 Å². The summed E-state index contributed by atoms with van der Waals surface area (Å²) in [4.78, 5) is 30.3. The van der Waals surface area contributed by atoms with Gasteiger partial charge in [-0.05, 0) is 64.1 Å². The van der Waals surface area contributed by atoms with E-state index in [4.69, 9.17) is 15.2 Å². The summed E-state index contributed by atoms with van der Waals surface area (Å²) in [7, 11) is -1.49. The van der Waals surface area contributed by atoms with Gasteiger partial charge >= 0.3 is 14.2 Å². The molecule has 2 rings (SSSR count). The quantitative estimate of drug-likeness (QED) is 0.223. The fourth-order valence-corrected chi connectivity index (χ4v) is 5.09. The minimum atomic E-state index is -1.49. The lowest BCUT2D eigenvalue weighted by atomic mass is 10.2. The van der Waals surface area contributed by atoms with Gasteiger partial charge in [0.05, 0.1) is 15.8 Å². The van der Waals surface area contributed by atoms with Crippen LogP contribution in [0.25, 0.3) is 0 Å². The smallest absolute Gasteiger partial charge is 0.330 e. The Hall–Kier alpha value is -0.810. The second-order valence-corrected chi connectivity index (χ2v) is 9.69. The van der Waals surface area contributed by atoms with E-state index in [2.05, 4.69) is 42.3 Å². The first-order chi connectivity index (χ1) is 14.2. The highest BCUT2D eigenvalue weighted by atomic mass is 127. The molecule has 0 radical (unpaired) electrons. The van der Waals surface area contributed by atoms with Gasteiger partial charge in [-0.3, -0.25) is 19.3 Å². The normalized spacial score (nSPS) is 24.0. The summed E-state index contributed by atoms with van der Waals surface area (Å²) >= 11 is 1.87. The molecular formula is C18H30IN4O5P. The molecule has 1 aromatic heterocycles. The molecule has 9 nitrogen and oxygen atoms in total. The van der Waals surface area contributed by atoms with Crippen LogP contribution in [-0.2, 0) is 13.8 Å². The SMILES string of the molecule is [2H]CC1OC(n2cc(I)c(=O)[nH]c2=O)C[C@H]1OP(OC=NCC)N(C(C)C)C(C)C. The third-order valence-corrected chi connectivity index (χ3v) is 7.08. The number of H-pyrrole nitrogens is 1. The minimum absolute atomic E-state index is 0.0219. The number of aromatic amines is 1. The van der Waals surface area contributed by atoms with Gasteiger partial charge in [-0.1, -0.05) is 0 Å². The van der Waals surface area contributed by atoms with Crippen LogP contribution in [-0.4, -0.2) is 51.5 Å².